The van der Waals surface area contributed by atoms with Crippen LogP contribution in [0.3, 0.4) is 0 Å². The maximum atomic E-state index is 14.0. The summed E-state index contributed by atoms with van der Waals surface area (Å²) in [7, 11) is 299. The highest BCUT2D eigenvalue weighted by atomic mass is 19.1. The number of methoxy groups -OCH3 is 1. The number of nitrogens with zero attached hydrogens (tertiary/aromatic N) is 1. The molecule has 6 aromatic rings. The average molecular weight is 1460 g/mol. The molecule has 0 bridgehead atoms. The van der Waals surface area contributed by atoms with Gasteiger partial charge in [-0.2, -0.15) is 0 Å². The Bertz CT molecular complexity index is 3910. The van der Waals surface area contributed by atoms with Gasteiger partial charge in [0.15, 0.2) is 11.5 Å². The Kier molecular flexibility index (Phi) is 46.2. The number of ether oxygens (including phenoxy) is 2. The summed E-state index contributed by atoms with van der Waals surface area (Å²) < 4.78 is 26.3. The number of aromatic nitrogens is 1. The molecule has 5 aromatic carbocycles. The molecule has 3 heterocycles. The van der Waals surface area contributed by atoms with E-state index in [0.717, 1.165) is 47.5 Å². The van der Waals surface area contributed by atoms with E-state index in [1.807, 2.05) is 12.1 Å². The van der Waals surface area contributed by atoms with Gasteiger partial charge in [0.25, 0.3) is 0 Å². The van der Waals surface area contributed by atoms with E-state index in [1.165, 1.54) is 38.5 Å². The number of benzene rings is 5. The molecule has 0 aliphatic carbocycles. The number of fused-ring (bicyclic) bond motifs is 7. The fourth-order valence-electron chi connectivity index (χ4n) is 21.9. The summed E-state index contributed by atoms with van der Waals surface area (Å²) in [5.74, 6) is 1.31. The van der Waals surface area contributed by atoms with Gasteiger partial charge >= 0.3 is 0 Å². The highest BCUT2D eigenvalue weighted by molar-refractivity contribution is 8.42. The molecule has 460 valence electrons. The molecule has 126 heavy (non-hydrogen) atoms. The molecule has 2 atom stereocenters. The summed E-state index contributed by atoms with van der Waals surface area (Å²) in [5.41, 5.74) is 8.49. The molecular formula is C37H31B84FN2O2. The van der Waals surface area contributed by atoms with Gasteiger partial charge in [0, 0.05) is 624 Å². The van der Waals surface area contributed by atoms with Crippen molar-refractivity contribution in [3.05, 3.63) is 142 Å². The van der Waals surface area contributed by atoms with Crippen molar-refractivity contribution in [3.8, 4) is 11.5 Å². The number of aromatic amines is 1. The van der Waals surface area contributed by atoms with Crippen LogP contribution < -0.4 is 9.47 Å². The number of para-hydroxylation sites is 1. The van der Waals surface area contributed by atoms with E-state index >= 15 is 0 Å². The van der Waals surface area contributed by atoms with Crippen LogP contribution in [-0.2, 0) is 19.4 Å². The first-order chi connectivity index (χ1) is 58.8. The van der Waals surface area contributed by atoms with E-state index in [2.05, 4.69) is 88.7 Å². The summed E-state index contributed by atoms with van der Waals surface area (Å²) in [6.07, 6.45) is -69.0. The summed E-state index contributed by atoms with van der Waals surface area (Å²) in [6.45, 7) is 1.37. The smallest absolute Gasteiger partial charge is 0.161 e. The van der Waals surface area contributed by atoms with Crippen molar-refractivity contribution in [1.82, 2.24) is 9.88 Å². The molecular weight excluding hydrogens is 1430 g/mol. The zero-order valence-electron chi connectivity index (χ0n) is 71.9. The zero-order chi connectivity index (χ0) is 94.9. The van der Waals surface area contributed by atoms with Crippen LogP contribution in [0.5, 0.6) is 11.5 Å². The van der Waals surface area contributed by atoms with Crippen molar-refractivity contribution in [2.45, 2.75) is 31.5 Å². The summed E-state index contributed by atoms with van der Waals surface area (Å²) in [6, 6.07) is 34.9. The first kappa shape index (κ1) is 114. The maximum Gasteiger partial charge on any atom is 0.161 e. The van der Waals surface area contributed by atoms with Gasteiger partial charge in [0.1, 0.15) is 12.4 Å². The summed E-state index contributed by atoms with van der Waals surface area (Å²) in [5, 5.41) is 3.69. The second-order valence-electron chi connectivity index (χ2n) is 35.1. The standard InChI is InChI=1S/C37H31FN2O2.B84/c1-41-34-21-30-27(19-35(34)42-22-23-10-11-24-6-2-3-7-26(24)18-23)16-17-40-33(30)20-31-29-8-4-5-9-32(29)39-36(31)37(40)25-12-14-28(38)15-13-25;1-44(2)65(43)76(66(45(3)4)46(5)6)81(75(63(39)40)64(41)42)84(82(77(67(47(7)8)48(9)10)68(49(11)12)50(13)14)78(69(51(15)16)52(17)18)70(53(19)20)54(21)22)83(79(71(55(23)24)56(25)26)72(57(27)28)58(29)30)80(73(59(31)32)60(33)34)74(61(35)36)62(37)38/h2-15,18-19,21,33,37,39H,16-17,20,22H2,1H3;. The van der Waals surface area contributed by atoms with Crippen LogP contribution in [0.25, 0.3) is 21.7 Å². The van der Waals surface area contributed by atoms with Crippen LogP contribution in [0.15, 0.2) is 103 Å². The molecule has 86 radical (unpaired) electrons. The highest BCUT2D eigenvalue weighted by Crippen LogP contribution is 2.50. The molecule has 1 aromatic heterocycles. The van der Waals surface area contributed by atoms with Crippen LogP contribution in [-0.4, -0.2) is 618 Å². The van der Waals surface area contributed by atoms with E-state index in [9.17, 15) is 4.39 Å². The number of hydrogen-bond donors (Lipinski definition) is 1. The SMILES string of the molecule is COc1cc2c(cc1OCc1ccc3ccccc3c1)CCN1C2Cc2c([nH]c3ccccc23)C1c1ccc(F)cc1.[B]B([B])B([B])B(B(B([B])[B])B([B])[B])B(B(B([B])[B])B([B])[B])B(B(B(B(B([B])[B])B([B])[B])B(B([B])[B])B([B])[B])B(B(B([B])[B])B([B])[B])B(B([B])[B])B([B])[B])B(B(B(B([B])[B])B([B])[B])B(B([B])[B])B([B])[B])B(B(B([B])[B])B([B])[B])B(B([B])[B])B([B])[B]. The van der Waals surface area contributed by atoms with Crippen molar-refractivity contribution in [1.29, 1.82) is 0 Å². The number of hydrogen-bond acceptors (Lipinski definition) is 3. The van der Waals surface area contributed by atoms with Gasteiger partial charge in [-0.3, -0.25) is 4.90 Å². The minimum absolute atomic E-state index is 0.00900. The molecule has 0 saturated heterocycles. The Balaban J connectivity index is 0.000000422. The van der Waals surface area contributed by atoms with Gasteiger partial charge in [-0.1, -0.05) is 66.7 Å². The third-order valence-corrected chi connectivity index (χ3v) is 26.8. The van der Waals surface area contributed by atoms with Crippen molar-refractivity contribution in [2.75, 3.05) is 13.7 Å². The maximum absolute atomic E-state index is 14.0. The lowest BCUT2D eigenvalue weighted by Crippen LogP contribution is -3.00. The quantitative estimate of drug-likeness (QED) is 0.0387. The molecule has 2 unspecified atom stereocenters. The van der Waals surface area contributed by atoms with Gasteiger partial charge in [-0.15, -0.1) is 0 Å². The lowest BCUT2D eigenvalue weighted by Gasteiger charge is -2.62. The molecule has 0 amide bonds. The Labute approximate surface area is 831 Å². The van der Waals surface area contributed by atoms with Gasteiger partial charge < -0.3 is 14.5 Å². The molecule has 0 saturated carbocycles. The first-order valence-corrected chi connectivity index (χ1v) is 42.2. The fraction of sp³-hybridized carbons (Fsp3) is 0.189. The minimum atomic E-state index is -2.01. The Morgan fingerprint density at radius 1 is 0.333 bits per heavy atom. The van der Waals surface area contributed by atoms with E-state index in [4.69, 9.17) is 342 Å². The molecule has 1 N–H and O–H groups in total. The van der Waals surface area contributed by atoms with Crippen LogP contribution in [0, 0.1) is 5.82 Å². The molecule has 2 aliphatic heterocycles. The van der Waals surface area contributed by atoms with Crippen LogP contribution in [0.1, 0.15) is 45.6 Å². The topological polar surface area (TPSA) is 37.5 Å². The third-order valence-electron chi connectivity index (χ3n) is 26.8. The number of nitrogens with one attached hydrogen (secondary N) is 1. The lowest BCUT2D eigenvalue weighted by atomic mass is 8.20. The van der Waals surface area contributed by atoms with E-state index in [1.54, 1.807) is 19.2 Å². The summed E-state index contributed by atoms with van der Waals surface area (Å²) >= 11 is 0. The van der Waals surface area contributed by atoms with E-state index in [-0.39, 0.29) is 17.9 Å². The third kappa shape index (κ3) is 27.1. The Morgan fingerprint density at radius 3 is 0.992 bits per heavy atom. The van der Waals surface area contributed by atoms with Gasteiger partial charge in [-0.25, -0.2) is 4.39 Å². The van der Waals surface area contributed by atoms with Crippen LogP contribution >= 0.6 is 0 Å². The fourth-order valence-corrected chi connectivity index (χ4v) is 21.9. The predicted octanol–water partition coefficient (Wildman–Crippen LogP) is -23.7. The largest absolute Gasteiger partial charge is 0.493 e. The van der Waals surface area contributed by atoms with Gasteiger partial charge in [-0.05, 0) is 87.8 Å². The number of H-pyrrole nitrogens is 1. The second kappa shape index (κ2) is 51.1. The average Bonchev–Trinajstić information content (AvgIpc) is 1.02. The molecule has 2 aliphatic rings. The predicted molar refractivity (Wildman–Crippen MR) is 648 cm³/mol. The highest BCUT2D eigenvalue weighted by Gasteiger charge is 2.67. The van der Waals surface area contributed by atoms with Crippen molar-refractivity contribution >= 4 is 616 Å². The molecule has 4 nitrogen and oxygen atoms in total. The normalized spacial score (nSPS) is 12.5. The Morgan fingerprint density at radius 2 is 0.651 bits per heavy atom. The molecule has 0 spiro atoms. The van der Waals surface area contributed by atoms with Gasteiger partial charge in [0.05, 0.1) is 13.2 Å². The van der Waals surface area contributed by atoms with Crippen molar-refractivity contribution in [2.24, 2.45) is 0 Å². The van der Waals surface area contributed by atoms with E-state index in [0.29, 0.717) is 6.61 Å². The van der Waals surface area contributed by atoms with Crippen molar-refractivity contribution in [3.63, 3.8) is 0 Å². The van der Waals surface area contributed by atoms with Crippen molar-refractivity contribution < 1.29 is 13.9 Å². The molecule has 8 rings (SSSR count). The zero-order valence-corrected chi connectivity index (χ0v) is 71.9. The minimum Gasteiger partial charge on any atom is -0.493 e. The second-order valence-corrected chi connectivity index (χ2v) is 35.1. The van der Waals surface area contributed by atoms with Crippen LogP contribution in [0.2, 0.25) is 0 Å². The molecule has 89 heteroatoms. The first-order valence-electron chi connectivity index (χ1n) is 42.2. The lowest BCUT2D eigenvalue weighted by molar-refractivity contribution is 0.127. The van der Waals surface area contributed by atoms with E-state index < -0.39 is 262 Å². The number of rotatable bonds is 45. The Hall–Kier alpha value is 0.845. The number of halogens is 1. The molecule has 0 fully saturated rings. The summed E-state index contributed by atoms with van der Waals surface area (Å²) in [4.78, 5) is 6.30. The van der Waals surface area contributed by atoms with Gasteiger partial charge in [0.2, 0.25) is 0 Å². The van der Waals surface area contributed by atoms with Crippen LogP contribution in [0.4, 0.5) is 4.39 Å². The monoisotopic (exact) mass is 1480 g/mol.